The fourth-order valence-electron chi connectivity index (χ4n) is 5.59. The van der Waals surface area contributed by atoms with Gasteiger partial charge in [0.15, 0.2) is 11.6 Å². The number of carbonyl (C=O) groups excluding carboxylic acids is 1. The summed E-state index contributed by atoms with van der Waals surface area (Å²) in [5.74, 6) is -1.33. The number of hydrogen-bond acceptors (Lipinski definition) is 8. The maximum absolute atomic E-state index is 14.0. The Hall–Kier alpha value is -4.74. The molecule has 2 aliphatic rings. The number of aromatic nitrogens is 6. The normalized spacial score (nSPS) is 15.5. The lowest BCUT2D eigenvalue weighted by atomic mass is 10.0. The van der Waals surface area contributed by atoms with Gasteiger partial charge in [0.05, 0.1) is 25.5 Å². The molecule has 4 aromatic heterocycles. The van der Waals surface area contributed by atoms with E-state index in [-0.39, 0.29) is 18.1 Å². The molecule has 5 aromatic rings. The van der Waals surface area contributed by atoms with E-state index in [9.17, 15) is 13.6 Å². The third-order valence-electron chi connectivity index (χ3n) is 7.97. The summed E-state index contributed by atoms with van der Waals surface area (Å²) in [6.45, 7) is 3.31. The fraction of sp³-hybridized carbons (Fsp3) is 0.333. The molecule has 1 aromatic carbocycles. The molecule has 1 fully saturated rings. The SMILES string of the molecule is COc1ncnc(C2CC2)c1-c1ncc2c(n1)N(Cc1ccc3c(c1)c(C)cn1cc(C(C)(F)F)nc31)CC(=O)N2C. The first-order chi connectivity index (χ1) is 20.1. The van der Waals surface area contributed by atoms with Crippen LogP contribution in [0.1, 0.15) is 48.2 Å². The number of methoxy groups -OCH3 is 1. The van der Waals surface area contributed by atoms with Gasteiger partial charge < -0.3 is 18.9 Å². The van der Waals surface area contributed by atoms with Crippen LogP contribution in [-0.2, 0) is 17.3 Å². The van der Waals surface area contributed by atoms with Crippen LogP contribution in [0.25, 0.3) is 27.8 Å². The van der Waals surface area contributed by atoms with Gasteiger partial charge >= 0.3 is 0 Å². The van der Waals surface area contributed by atoms with E-state index in [2.05, 4.69) is 19.9 Å². The molecule has 0 spiro atoms. The third-order valence-corrected chi connectivity index (χ3v) is 7.97. The van der Waals surface area contributed by atoms with Crippen molar-refractivity contribution < 1.29 is 18.3 Å². The van der Waals surface area contributed by atoms with Crippen molar-refractivity contribution in [2.24, 2.45) is 0 Å². The summed E-state index contributed by atoms with van der Waals surface area (Å²) in [4.78, 5) is 39.1. The number of imidazole rings is 1. The number of alkyl halides is 2. The predicted octanol–water partition coefficient (Wildman–Crippen LogP) is 5.02. The van der Waals surface area contributed by atoms with Crippen molar-refractivity contribution in [3.63, 3.8) is 0 Å². The van der Waals surface area contributed by atoms with E-state index in [1.54, 1.807) is 29.7 Å². The number of halogens is 2. The highest BCUT2D eigenvalue weighted by Crippen LogP contribution is 2.45. The Morgan fingerprint density at radius 1 is 1.10 bits per heavy atom. The van der Waals surface area contributed by atoms with Crippen molar-refractivity contribution in [1.82, 2.24) is 29.3 Å². The summed E-state index contributed by atoms with van der Waals surface area (Å²) in [6, 6.07) is 5.85. The lowest BCUT2D eigenvalue weighted by Crippen LogP contribution is -2.44. The molecule has 1 amide bonds. The molecule has 1 aliphatic carbocycles. The standard InChI is InChI=1S/C30H28F2N8O2/c1-16-11-39-13-22(30(2,31)32)36-27(39)19-8-5-17(9-20(16)19)12-40-14-23(41)38(3)21-10-33-26(37-28(21)40)24-25(18-6-7-18)34-15-35-29(24)42-4/h5,8-11,13,15,18H,6-7,12,14H2,1-4H3. The Morgan fingerprint density at radius 2 is 1.90 bits per heavy atom. The number of aryl methyl sites for hydroxylation is 1. The highest BCUT2D eigenvalue weighted by molar-refractivity contribution is 6.02. The van der Waals surface area contributed by atoms with Gasteiger partial charge in [0, 0.05) is 44.2 Å². The highest BCUT2D eigenvalue weighted by Gasteiger charge is 2.34. The number of nitrogens with zero attached hydrogens (tertiary/aromatic N) is 8. The van der Waals surface area contributed by atoms with Gasteiger partial charge in [-0.05, 0) is 42.3 Å². The summed E-state index contributed by atoms with van der Waals surface area (Å²) < 4.78 is 35.2. The largest absolute Gasteiger partial charge is 0.480 e. The van der Waals surface area contributed by atoms with Gasteiger partial charge in [0.2, 0.25) is 11.8 Å². The average molecular weight is 571 g/mol. The van der Waals surface area contributed by atoms with E-state index in [1.165, 1.54) is 12.5 Å². The molecule has 0 saturated heterocycles. The summed E-state index contributed by atoms with van der Waals surface area (Å²) in [5.41, 5.74) is 4.20. The van der Waals surface area contributed by atoms with E-state index in [0.29, 0.717) is 46.9 Å². The number of likely N-dealkylation sites (N-methyl/N-ethyl adjacent to an activating group) is 1. The van der Waals surface area contributed by atoms with Crippen LogP contribution in [0.3, 0.4) is 0 Å². The van der Waals surface area contributed by atoms with Crippen LogP contribution in [0.2, 0.25) is 0 Å². The lowest BCUT2D eigenvalue weighted by molar-refractivity contribution is -0.117. The molecule has 0 unspecified atom stereocenters. The first-order valence-corrected chi connectivity index (χ1v) is 13.7. The maximum Gasteiger partial charge on any atom is 0.288 e. The zero-order valence-electron chi connectivity index (χ0n) is 23.6. The van der Waals surface area contributed by atoms with E-state index < -0.39 is 5.92 Å². The van der Waals surface area contributed by atoms with E-state index in [0.717, 1.165) is 47.4 Å². The smallest absolute Gasteiger partial charge is 0.288 e. The highest BCUT2D eigenvalue weighted by atomic mass is 19.3. The number of anilines is 2. The molecule has 12 heteroatoms. The minimum Gasteiger partial charge on any atom is -0.480 e. The molecule has 5 heterocycles. The molecule has 0 atom stereocenters. The Bertz CT molecular complexity index is 1900. The van der Waals surface area contributed by atoms with Crippen molar-refractivity contribution in [3.8, 4) is 17.3 Å². The quantitative estimate of drug-likeness (QED) is 0.280. The third kappa shape index (κ3) is 4.29. The van der Waals surface area contributed by atoms with Crippen LogP contribution in [-0.4, -0.2) is 55.9 Å². The number of benzene rings is 1. The second-order valence-electron chi connectivity index (χ2n) is 11.1. The minimum atomic E-state index is -3.04. The van der Waals surface area contributed by atoms with Crippen molar-refractivity contribution in [2.45, 2.75) is 45.1 Å². The van der Waals surface area contributed by atoms with E-state index in [1.807, 2.05) is 36.2 Å². The molecular weight excluding hydrogens is 542 g/mol. The van der Waals surface area contributed by atoms with Gasteiger partial charge in [-0.25, -0.2) is 24.9 Å². The summed E-state index contributed by atoms with van der Waals surface area (Å²) in [6.07, 6.45) is 8.42. The van der Waals surface area contributed by atoms with Gasteiger partial charge in [0.1, 0.15) is 28.9 Å². The molecule has 10 nitrogen and oxygen atoms in total. The number of rotatable bonds is 6. The van der Waals surface area contributed by atoms with Crippen molar-refractivity contribution in [2.75, 3.05) is 30.5 Å². The summed E-state index contributed by atoms with van der Waals surface area (Å²) in [5, 5.41) is 1.68. The Morgan fingerprint density at radius 3 is 2.64 bits per heavy atom. The molecule has 1 saturated carbocycles. The molecule has 1 aliphatic heterocycles. The van der Waals surface area contributed by atoms with Crippen LogP contribution in [0.15, 0.2) is 43.1 Å². The zero-order valence-corrected chi connectivity index (χ0v) is 23.6. The van der Waals surface area contributed by atoms with Gasteiger partial charge in [-0.15, -0.1) is 0 Å². The van der Waals surface area contributed by atoms with Crippen LogP contribution < -0.4 is 14.5 Å². The van der Waals surface area contributed by atoms with E-state index in [4.69, 9.17) is 9.72 Å². The fourth-order valence-corrected chi connectivity index (χ4v) is 5.59. The van der Waals surface area contributed by atoms with Gasteiger partial charge in [-0.2, -0.15) is 8.78 Å². The number of carbonyl (C=O) groups is 1. The Labute approximate surface area is 240 Å². The van der Waals surface area contributed by atoms with Gasteiger partial charge in [-0.1, -0.05) is 12.1 Å². The molecule has 0 bridgehead atoms. The second kappa shape index (κ2) is 9.40. The van der Waals surface area contributed by atoms with Crippen LogP contribution >= 0.6 is 0 Å². The summed E-state index contributed by atoms with van der Waals surface area (Å²) >= 11 is 0. The number of amides is 1. The number of fused-ring (bicyclic) bond motifs is 4. The maximum atomic E-state index is 14.0. The minimum absolute atomic E-state index is 0.0813. The molecule has 42 heavy (non-hydrogen) atoms. The molecule has 214 valence electrons. The first-order valence-electron chi connectivity index (χ1n) is 13.7. The average Bonchev–Trinajstić information content (AvgIpc) is 3.73. The second-order valence-corrected chi connectivity index (χ2v) is 11.1. The molecule has 0 radical (unpaired) electrons. The van der Waals surface area contributed by atoms with Crippen LogP contribution in [0, 0.1) is 6.92 Å². The lowest BCUT2D eigenvalue weighted by Gasteiger charge is -2.34. The Kier molecular flexibility index (Phi) is 5.86. The molecular formula is C30H28F2N8O2. The zero-order chi connectivity index (χ0) is 29.3. The molecule has 7 rings (SSSR count). The van der Waals surface area contributed by atoms with Crippen molar-refractivity contribution in [3.05, 3.63) is 65.6 Å². The predicted molar refractivity (Wildman–Crippen MR) is 153 cm³/mol. The number of pyridine rings is 1. The van der Waals surface area contributed by atoms with Gasteiger partial charge in [0.25, 0.3) is 5.92 Å². The number of ether oxygens (including phenoxy) is 1. The Balaban J connectivity index is 1.30. The van der Waals surface area contributed by atoms with Crippen LogP contribution in [0.5, 0.6) is 5.88 Å². The van der Waals surface area contributed by atoms with Crippen LogP contribution in [0.4, 0.5) is 20.3 Å². The summed E-state index contributed by atoms with van der Waals surface area (Å²) in [7, 11) is 3.28. The van der Waals surface area contributed by atoms with Crippen molar-refractivity contribution >= 4 is 33.8 Å². The first kappa shape index (κ1) is 26.2. The van der Waals surface area contributed by atoms with Crippen molar-refractivity contribution in [1.29, 1.82) is 0 Å². The molecule has 0 N–H and O–H groups in total. The monoisotopic (exact) mass is 570 g/mol. The topological polar surface area (TPSA) is 102 Å². The van der Waals surface area contributed by atoms with Gasteiger partial charge in [-0.3, -0.25) is 4.79 Å². The number of hydrogen-bond donors (Lipinski definition) is 0. The van der Waals surface area contributed by atoms with E-state index >= 15 is 0 Å².